The predicted octanol–water partition coefficient (Wildman–Crippen LogP) is 3.71. The molecule has 0 aromatic heterocycles. The van der Waals surface area contributed by atoms with Gasteiger partial charge in [-0.15, -0.1) is 0 Å². The molecule has 1 heteroatoms. The number of aromatic hydroxyl groups is 1. The van der Waals surface area contributed by atoms with E-state index in [0.717, 1.165) is 12.0 Å². The van der Waals surface area contributed by atoms with Gasteiger partial charge in [0, 0.05) is 0 Å². The van der Waals surface area contributed by atoms with Crippen LogP contribution in [-0.2, 0) is 6.42 Å². The Balaban J connectivity index is 2.94. The van der Waals surface area contributed by atoms with Crippen molar-refractivity contribution in [1.82, 2.24) is 0 Å². The molecule has 0 aliphatic heterocycles. The molecule has 1 rings (SSSR count). The molecule has 0 aliphatic rings. The van der Waals surface area contributed by atoms with Crippen LogP contribution < -0.4 is 0 Å². The molecule has 0 unspecified atom stereocenters. The lowest BCUT2D eigenvalue weighted by Gasteiger charge is -2.11. The average molecular weight is 192 g/mol. The lowest BCUT2D eigenvalue weighted by Crippen LogP contribution is -1.96. The van der Waals surface area contributed by atoms with E-state index in [9.17, 15) is 5.11 Å². The van der Waals surface area contributed by atoms with E-state index in [1.165, 1.54) is 5.56 Å². The van der Waals surface area contributed by atoms with Crippen molar-refractivity contribution in [2.75, 3.05) is 0 Å². The summed E-state index contributed by atoms with van der Waals surface area (Å²) < 4.78 is 0. The molecule has 0 amide bonds. The van der Waals surface area contributed by atoms with E-state index in [2.05, 4.69) is 33.8 Å². The van der Waals surface area contributed by atoms with E-state index in [1.54, 1.807) is 0 Å². The van der Waals surface area contributed by atoms with Crippen molar-refractivity contribution in [3.63, 3.8) is 0 Å². The van der Waals surface area contributed by atoms with Gasteiger partial charge in [0.1, 0.15) is 5.75 Å². The summed E-state index contributed by atoms with van der Waals surface area (Å²) in [6.45, 7) is 8.63. The SMILES string of the molecule is CC(C)Cc1ccc(O)c(C(C)C)c1. The number of hydrogen-bond acceptors (Lipinski definition) is 1. The highest BCUT2D eigenvalue weighted by Gasteiger charge is 2.07. The third kappa shape index (κ3) is 2.76. The Labute approximate surface area is 86.8 Å². The van der Waals surface area contributed by atoms with Gasteiger partial charge in [0.25, 0.3) is 0 Å². The Bertz CT molecular complexity index is 300. The zero-order valence-electron chi connectivity index (χ0n) is 9.54. The zero-order valence-corrected chi connectivity index (χ0v) is 9.54. The molecule has 1 aromatic carbocycles. The first kappa shape index (κ1) is 11.1. The van der Waals surface area contributed by atoms with Crippen molar-refractivity contribution < 1.29 is 5.11 Å². The minimum absolute atomic E-state index is 0.391. The fourth-order valence-electron chi connectivity index (χ4n) is 1.66. The second-order valence-corrected chi connectivity index (χ2v) is 4.65. The zero-order chi connectivity index (χ0) is 10.7. The molecule has 0 spiro atoms. The summed E-state index contributed by atoms with van der Waals surface area (Å²) in [6.07, 6.45) is 1.08. The highest BCUT2D eigenvalue weighted by molar-refractivity contribution is 5.38. The molecule has 1 N–H and O–H groups in total. The van der Waals surface area contributed by atoms with Crippen LogP contribution in [0.25, 0.3) is 0 Å². The average Bonchev–Trinajstić information content (AvgIpc) is 2.07. The van der Waals surface area contributed by atoms with Gasteiger partial charge in [0.2, 0.25) is 0 Å². The number of hydrogen-bond donors (Lipinski definition) is 1. The smallest absolute Gasteiger partial charge is 0.119 e. The van der Waals surface area contributed by atoms with Crippen LogP contribution in [0, 0.1) is 5.92 Å². The Morgan fingerprint density at radius 1 is 1.14 bits per heavy atom. The quantitative estimate of drug-likeness (QED) is 0.774. The summed E-state index contributed by atoms with van der Waals surface area (Å²) in [5.74, 6) is 1.48. The van der Waals surface area contributed by atoms with Crippen LogP contribution in [0.15, 0.2) is 18.2 Å². The van der Waals surface area contributed by atoms with Gasteiger partial charge in [-0.25, -0.2) is 0 Å². The van der Waals surface area contributed by atoms with E-state index in [0.29, 0.717) is 17.6 Å². The van der Waals surface area contributed by atoms with Gasteiger partial charge in [-0.1, -0.05) is 39.8 Å². The highest BCUT2D eigenvalue weighted by Crippen LogP contribution is 2.26. The topological polar surface area (TPSA) is 20.2 Å². The predicted molar refractivity (Wildman–Crippen MR) is 60.7 cm³/mol. The largest absolute Gasteiger partial charge is 0.508 e. The van der Waals surface area contributed by atoms with Crippen molar-refractivity contribution in [3.8, 4) is 5.75 Å². The maximum atomic E-state index is 9.64. The maximum Gasteiger partial charge on any atom is 0.119 e. The molecular weight excluding hydrogens is 172 g/mol. The van der Waals surface area contributed by atoms with Crippen molar-refractivity contribution in [3.05, 3.63) is 29.3 Å². The van der Waals surface area contributed by atoms with Gasteiger partial charge < -0.3 is 5.11 Å². The fraction of sp³-hybridized carbons (Fsp3) is 0.538. The molecule has 0 aliphatic carbocycles. The number of phenolic OH excluding ortho intramolecular Hbond substituents is 1. The van der Waals surface area contributed by atoms with Gasteiger partial charge in [0.05, 0.1) is 0 Å². The molecule has 0 saturated carbocycles. The highest BCUT2D eigenvalue weighted by atomic mass is 16.3. The first-order chi connectivity index (χ1) is 6.50. The van der Waals surface area contributed by atoms with Crippen LogP contribution in [0.5, 0.6) is 5.75 Å². The number of rotatable bonds is 3. The molecule has 0 bridgehead atoms. The van der Waals surface area contributed by atoms with E-state index in [4.69, 9.17) is 0 Å². The molecule has 0 atom stereocenters. The molecule has 1 aromatic rings. The summed E-state index contributed by atoms with van der Waals surface area (Å²) in [6, 6.07) is 5.95. The summed E-state index contributed by atoms with van der Waals surface area (Å²) >= 11 is 0. The van der Waals surface area contributed by atoms with E-state index in [-0.39, 0.29) is 0 Å². The minimum atomic E-state index is 0.391. The summed E-state index contributed by atoms with van der Waals surface area (Å²) in [4.78, 5) is 0. The third-order valence-electron chi connectivity index (χ3n) is 2.36. The Morgan fingerprint density at radius 2 is 1.79 bits per heavy atom. The van der Waals surface area contributed by atoms with Gasteiger partial charge in [-0.05, 0) is 35.4 Å². The summed E-state index contributed by atoms with van der Waals surface area (Å²) in [5, 5.41) is 9.64. The molecule has 1 nitrogen and oxygen atoms in total. The lowest BCUT2D eigenvalue weighted by molar-refractivity contribution is 0.464. The molecule has 0 fully saturated rings. The normalized spacial score (nSPS) is 11.3. The standard InChI is InChI=1S/C13H20O/c1-9(2)7-11-5-6-13(14)12(8-11)10(3)4/h5-6,8-10,14H,7H2,1-4H3. The third-order valence-corrected chi connectivity index (χ3v) is 2.36. The van der Waals surface area contributed by atoms with Gasteiger partial charge in [0.15, 0.2) is 0 Å². The van der Waals surface area contributed by atoms with Gasteiger partial charge in [-0.3, -0.25) is 0 Å². The van der Waals surface area contributed by atoms with E-state index >= 15 is 0 Å². The van der Waals surface area contributed by atoms with Crippen LogP contribution >= 0.6 is 0 Å². The van der Waals surface area contributed by atoms with Crippen molar-refractivity contribution in [2.45, 2.75) is 40.0 Å². The Kier molecular flexibility index (Phi) is 3.56. The number of phenols is 1. The van der Waals surface area contributed by atoms with Gasteiger partial charge >= 0.3 is 0 Å². The molecule has 14 heavy (non-hydrogen) atoms. The van der Waals surface area contributed by atoms with Gasteiger partial charge in [-0.2, -0.15) is 0 Å². The fourth-order valence-corrected chi connectivity index (χ4v) is 1.66. The minimum Gasteiger partial charge on any atom is -0.508 e. The van der Waals surface area contributed by atoms with Crippen LogP contribution in [0.4, 0.5) is 0 Å². The van der Waals surface area contributed by atoms with Crippen molar-refractivity contribution in [2.24, 2.45) is 5.92 Å². The molecule has 0 saturated heterocycles. The second-order valence-electron chi connectivity index (χ2n) is 4.65. The number of benzene rings is 1. The van der Waals surface area contributed by atoms with Crippen LogP contribution in [0.1, 0.15) is 44.7 Å². The van der Waals surface area contributed by atoms with Crippen LogP contribution in [0.3, 0.4) is 0 Å². The van der Waals surface area contributed by atoms with Crippen LogP contribution in [-0.4, -0.2) is 5.11 Å². The summed E-state index contributed by atoms with van der Waals surface area (Å²) in [7, 11) is 0. The lowest BCUT2D eigenvalue weighted by atomic mass is 9.96. The maximum absolute atomic E-state index is 9.64. The second kappa shape index (κ2) is 4.50. The van der Waals surface area contributed by atoms with Crippen LogP contribution in [0.2, 0.25) is 0 Å². The summed E-state index contributed by atoms with van der Waals surface area (Å²) in [5.41, 5.74) is 2.38. The van der Waals surface area contributed by atoms with Crippen molar-refractivity contribution >= 4 is 0 Å². The molecule has 0 radical (unpaired) electrons. The Hall–Kier alpha value is -0.980. The first-order valence-electron chi connectivity index (χ1n) is 5.32. The van der Waals surface area contributed by atoms with Crippen molar-refractivity contribution in [1.29, 1.82) is 0 Å². The Morgan fingerprint density at radius 3 is 2.29 bits per heavy atom. The van der Waals surface area contributed by atoms with E-state index in [1.807, 2.05) is 12.1 Å². The monoisotopic (exact) mass is 192 g/mol. The van der Waals surface area contributed by atoms with E-state index < -0.39 is 0 Å². The molecule has 0 heterocycles. The molecular formula is C13H20O. The molecule has 78 valence electrons. The first-order valence-corrected chi connectivity index (χ1v) is 5.32.